The SMILES string of the molecule is CCCCCCCCCCCCCCCCCCCC[P+](CC)(CC)CC.[Cl-]. The summed E-state index contributed by atoms with van der Waals surface area (Å²) >= 11 is 0. The Morgan fingerprint density at radius 3 is 0.857 bits per heavy atom. The lowest BCUT2D eigenvalue weighted by Crippen LogP contribution is -3.00. The van der Waals surface area contributed by atoms with Gasteiger partial charge >= 0.3 is 0 Å². The molecule has 0 bridgehead atoms. The van der Waals surface area contributed by atoms with Crippen LogP contribution < -0.4 is 12.4 Å². The topological polar surface area (TPSA) is 0 Å². The molecule has 0 spiro atoms. The average Bonchev–Trinajstić information content (AvgIpc) is 2.70. The highest BCUT2D eigenvalue weighted by atomic mass is 35.5. The maximum atomic E-state index is 2.44. The van der Waals surface area contributed by atoms with Crippen LogP contribution in [0, 0.1) is 0 Å². The van der Waals surface area contributed by atoms with Crippen molar-refractivity contribution < 1.29 is 12.4 Å². The number of hydrogen-bond acceptors (Lipinski definition) is 0. The maximum absolute atomic E-state index is 2.44. The third-order valence-corrected chi connectivity index (χ3v) is 12.3. The minimum atomic E-state index is -0.530. The van der Waals surface area contributed by atoms with Gasteiger partial charge in [0.25, 0.3) is 0 Å². The van der Waals surface area contributed by atoms with Gasteiger partial charge in [-0.25, -0.2) is 0 Å². The summed E-state index contributed by atoms with van der Waals surface area (Å²) in [5.41, 5.74) is 0. The van der Waals surface area contributed by atoms with E-state index in [0.29, 0.717) is 0 Å². The van der Waals surface area contributed by atoms with Crippen LogP contribution in [0.4, 0.5) is 0 Å². The molecular weight excluding hydrogens is 379 g/mol. The van der Waals surface area contributed by atoms with Crippen LogP contribution in [0.5, 0.6) is 0 Å². The highest BCUT2D eigenvalue weighted by Gasteiger charge is 2.29. The zero-order valence-corrected chi connectivity index (χ0v) is 22.0. The van der Waals surface area contributed by atoms with Crippen molar-refractivity contribution >= 4 is 7.26 Å². The number of unbranched alkanes of at least 4 members (excludes halogenated alkanes) is 17. The molecular formula is C26H56ClP. The molecule has 0 rings (SSSR count). The second-order valence-electron chi connectivity index (χ2n) is 9.02. The molecule has 0 aromatic carbocycles. The Morgan fingerprint density at radius 2 is 0.607 bits per heavy atom. The van der Waals surface area contributed by atoms with Crippen LogP contribution in [0.2, 0.25) is 0 Å². The van der Waals surface area contributed by atoms with Crippen molar-refractivity contribution in [3.05, 3.63) is 0 Å². The van der Waals surface area contributed by atoms with Crippen molar-refractivity contribution in [1.29, 1.82) is 0 Å². The Labute approximate surface area is 187 Å². The van der Waals surface area contributed by atoms with E-state index < -0.39 is 7.26 Å². The minimum Gasteiger partial charge on any atom is -1.00 e. The molecule has 0 saturated heterocycles. The molecule has 0 heterocycles. The summed E-state index contributed by atoms with van der Waals surface area (Å²) in [5.74, 6) is 0. The summed E-state index contributed by atoms with van der Waals surface area (Å²) in [5, 5.41) is 0. The molecule has 0 aliphatic rings. The zero-order chi connectivity index (χ0) is 20.1. The molecule has 0 N–H and O–H groups in total. The molecule has 172 valence electrons. The molecule has 0 aromatic heterocycles. The number of rotatable bonds is 22. The molecule has 0 aromatic rings. The molecule has 0 atom stereocenters. The zero-order valence-electron chi connectivity index (χ0n) is 20.4. The van der Waals surface area contributed by atoms with E-state index in [4.69, 9.17) is 0 Å². The van der Waals surface area contributed by atoms with Crippen LogP contribution in [0.1, 0.15) is 143 Å². The average molecular weight is 435 g/mol. The summed E-state index contributed by atoms with van der Waals surface area (Å²) in [7, 11) is -0.530. The molecule has 2 heteroatoms. The molecule has 0 unspecified atom stereocenters. The highest BCUT2D eigenvalue weighted by molar-refractivity contribution is 7.75. The first-order chi connectivity index (χ1) is 13.2. The van der Waals surface area contributed by atoms with E-state index >= 15 is 0 Å². The van der Waals surface area contributed by atoms with Gasteiger partial charge in [-0.3, -0.25) is 0 Å². The summed E-state index contributed by atoms with van der Waals surface area (Å²) in [6.07, 6.45) is 32.7. The van der Waals surface area contributed by atoms with Gasteiger partial charge in [0.2, 0.25) is 0 Å². The van der Waals surface area contributed by atoms with E-state index in [1.165, 1.54) is 134 Å². The lowest BCUT2D eigenvalue weighted by Gasteiger charge is -2.23. The highest BCUT2D eigenvalue weighted by Crippen LogP contribution is 2.58. The van der Waals surface area contributed by atoms with E-state index in [1.54, 1.807) is 6.16 Å². The minimum absolute atomic E-state index is 0. The Balaban J connectivity index is 0. The van der Waals surface area contributed by atoms with Gasteiger partial charge in [0.1, 0.15) is 0 Å². The second-order valence-corrected chi connectivity index (χ2v) is 14.1. The van der Waals surface area contributed by atoms with Gasteiger partial charge in [-0.05, 0) is 33.6 Å². The van der Waals surface area contributed by atoms with Crippen LogP contribution in [-0.4, -0.2) is 24.6 Å². The lowest BCUT2D eigenvalue weighted by molar-refractivity contribution is -0.00000619. The number of hydrogen-bond donors (Lipinski definition) is 0. The van der Waals surface area contributed by atoms with Crippen LogP contribution in [0.25, 0.3) is 0 Å². The quantitative estimate of drug-likeness (QED) is 0.126. The monoisotopic (exact) mass is 434 g/mol. The summed E-state index contributed by atoms with van der Waals surface area (Å²) in [6, 6.07) is 0. The predicted octanol–water partition coefficient (Wildman–Crippen LogP) is 7.11. The molecule has 0 radical (unpaired) electrons. The first-order valence-corrected chi connectivity index (χ1v) is 15.6. The van der Waals surface area contributed by atoms with Crippen molar-refractivity contribution in [2.24, 2.45) is 0 Å². The van der Waals surface area contributed by atoms with Crippen molar-refractivity contribution in [1.82, 2.24) is 0 Å². The van der Waals surface area contributed by atoms with Gasteiger partial charge in [-0.1, -0.05) is 110 Å². The first kappa shape index (κ1) is 30.9. The normalized spacial score (nSPS) is 11.6. The van der Waals surface area contributed by atoms with Gasteiger partial charge in [0.05, 0.1) is 24.6 Å². The number of halogens is 1. The largest absolute Gasteiger partial charge is 1.00 e. The third-order valence-electron chi connectivity index (χ3n) is 7.00. The Hall–Kier alpha value is 0.720. The molecule has 0 nitrogen and oxygen atoms in total. The standard InChI is InChI=1S/C26H56P.ClH/c1-5-9-10-11-12-13-14-15-16-17-18-19-20-21-22-23-24-25-26-27(6-2,7-3)8-4;/h5-26H2,1-4H3;1H/q+1;/p-1. The van der Waals surface area contributed by atoms with Gasteiger partial charge in [-0.2, -0.15) is 0 Å². The maximum Gasteiger partial charge on any atom is 0.0594 e. The fourth-order valence-corrected chi connectivity index (χ4v) is 7.68. The molecule has 0 amide bonds. The predicted molar refractivity (Wildman–Crippen MR) is 132 cm³/mol. The van der Waals surface area contributed by atoms with Gasteiger partial charge < -0.3 is 12.4 Å². The van der Waals surface area contributed by atoms with Crippen molar-refractivity contribution in [2.45, 2.75) is 143 Å². The fraction of sp³-hybridized carbons (Fsp3) is 1.00. The fourth-order valence-electron chi connectivity index (χ4n) is 4.49. The van der Waals surface area contributed by atoms with Gasteiger partial charge in [-0.15, -0.1) is 0 Å². The molecule has 0 saturated carbocycles. The Morgan fingerprint density at radius 1 is 0.357 bits per heavy atom. The third kappa shape index (κ3) is 18.7. The smallest absolute Gasteiger partial charge is 0.0594 e. The van der Waals surface area contributed by atoms with Gasteiger partial charge in [0.15, 0.2) is 0 Å². The van der Waals surface area contributed by atoms with Crippen LogP contribution in [0.3, 0.4) is 0 Å². The first-order valence-electron chi connectivity index (χ1n) is 13.1. The molecule has 0 aliphatic heterocycles. The second kappa shape index (κ2) is 24.0. The Kier molecular flexibility index (Phi) is 26.5. The summed E-state index contributed by atoms with van der Waals surface area (Å²) < 4.78 is 0. The van der Waals surface area contributed by atoms with Crippen molar-refractivity contribution in [2.75, 3.05) is 24.6 Å². The molecule has 0 fully saturated rings. The van der Waals surface area contributed by atoms with Gasteiger partial charge in [0, 0.05) is 7.26 Å². The molecule has 28 heavy (non-hydrogen) atoms. The lowest BCUT2D eigenvalue weighted by atomic mass is 10.0. The van der Waals surface area contributed by atoms with Crippen LogP contribution in [-0.2, 0) is 0 Å². The van der Waals surface area contributed by atoms with E-state index in [1.807, 2.05) is 0 Å². The van der Waals surface area contributed by atoms with Crippen LogP contribution >= 0.6 is 7.26 Å². The van der Waals surface area contributed by atoms with E-state index in [2.05, 4.69) is 27.7 Å². The Bertz CT molecular complexity index is 267. The van der Waals surface area contributed by atoms with E-state index in [-0.39, 0.29) is 12.4 Å². The van der Waals surface area contributed by atoms with Crippen LogP contribution in [0.15, 0.2) is 0 Å². The molecule has 0 aliphatic carbocycles. The van der Waals surface area contributed by atoms with Crippen molar-refractivity contribution in [3.63, 3.8) is 0 Å². The summed E-state index contributed by atoms with van der Waals surface area (Å²) in [6.45, 7) is 9.62. The van der Waals surface area contributed by atoms with E-state index in [0.717, 1.165) is 0 Å². The van der Waals surface area contributed by atoms with Crippen molar-refractivity contribution in [3.8, 4) is 0 Å². The van der Waals surface area contributed by atoms with E-state index in [9.17, 15) is 0 Å². The summed E-state index contributed by atoms with van der Waals surface area (Å²) in [4.78, 5) is 0.